The van der Waals surface area contributed by atoms with E-state index in [0.717, 1.165) is 31.5 Å². The molecule has 2 aliphatic rings. The molecule has 1 N–H and O–H groups in total. The minimum Gasteiger partial charge on any atom is -0.343 e. The number of nitrogens with one attached hydrogen (secondary N) is 1. The second-order valence-corrected chi connectivity index (χ2v) is 6.65. The highest BCUT2D eigenvalue weighted by Gasteiger charge is 2.25. The normalized spacial score (nSPS) is 32.3. The van der Waals surface area contributed by atoms with Crippen LogP contribution in [0.1, 0.15) is 58.8 Å². The minimum absolute atomic E-state index is 0.351. The molecule has 1 saturated heterocycles. The van der Waals surface area contributed by atoms with Crippen LogP contribution in [0, 0.1) is 11.8 Å². The summed E-state index contributed by atoms with van der Waals surface area (Å²) in [4.78, 5) is 14.1. The molecule has 0 radical (unpaired) electrons. The third kappa shape index (κ3) is 4.48. The van der Waals surface area contributed by atoms with Crippen LogP contribution < -0.4 is 5.32 Å². The Morgan fingerprint density at radius 1 is 1.16 bits per heavy atom. The summed E-state index contributed by atoms with van der Waals surface area (Å²) in [5.74, 6) is 1.96. The van der Waals surface area contributed by atoms with Gasteiger partial charge < -0.3 is 10.2 Å². The van der Waals surface area contributed by atoms with Crippen molar-refractivity contribution >= 4 is 5.91 Å². The van der Waals surface area contributed by atoms with Crippen LogP contribution in [0.15, 0.2) is 0 Å². The summed E-state index contributed by atoms with van der Waals surface area (Å²) in [7, 11) is 0. The smallest absolute Gasteiger partial charge is 0.223 e. The van der Waals surface area contributed by atoms with Crippen LogP contribution in [0.2, 0.25) is 0 Å². The molecule has 0 aromatic rings. The van der Waals surface area contributed by atoms with E-state index in [4.69, 9.17) is 0 Å². The van der Waals surface area contributed by atoms with Gasteiger partial charge in [0.2, 0.25) is 5.91 Å². The molecule has 3 atom stereocenters. The van der Waals surface area contributed by atoms with Crippen molar-refractivity contribution in [2.75, 3.05) is 19.6 Å². The molecule has 110 valence electrons. The van der Waals surface area contributed by atoms with Crippen molar-refractivity contribution in [3.8, 4) is 0 Å². The largest absolute Gasteiger partial charge is 0.343 e. The number of nitrogens with zero attached hydrogens (tertiary/aromatic N) is 1. The van der Waals surface area contributed by atoms with Crippen molar-refractivity contribution in [1.29, 1.82) is 0 Å². The van der Waals surface area contributed by atoms with Crippen LogP contribution in [-0.2, 0) is 4.79 Å². The summed E-state index contributed by atoms with van der Waals surface area (Å²) < 4.78 is 0. The third-order valence-electron chi connectivity index (χ3n) is 4.91. The topological polar surface area (TPSA) is 32.3 Å². The van der Waals surface area contributed by atoms with Crippen molar-refractivity contribution < 1.29 is 4.79 Å². The van der Waals surface area contributed by atoms with E-state index in [1.807, 2.05) is 0 Å². The van der Waals surface area contributed by atoms with E-state index >= 15 is 0 Å². The fraction of sp³-hybridized carbons (Fsp3) is 0.938. The van der Waals surface area contributed by atoms with Crippen molar-refractivity contribution in [2.45, 2.75) is 64.8 Å². The summed E-state index contributed by atoms with van der Waals surface area (Å²) in [6.45, 7) is 7.51. The molecule has 1 amide bonds. The monoisotopic (exact) mass is 266 g/mol. The Kier molecular flexibility index (Phi) is 5.68. The Morgan fingerprint density at radius 3 is 2.63 bits per heavy atom. The highest BCUT2D eigenvalue weighted by Crippen LogP contribution is 2.28. The van der Waals surface area contributed by atoms with E-state index in [0.29, 0.717) is 18.4 Å². The number of amides is 1. The molecule has 19 heavy (non-hydrogen) atoms. The molecular weight excluding hydrogens is 236 g/mol. The van der Waals surface area contributed by atoms with Gasteiger partial charge in [0.1, 0.15) is 0 Å². The second-order valence-electron chi connectivity index (χ2n) is 6.65. The number of carbonyl (C=O) groups excluding carboxylic acids is 1. The Bertz CT molecular complexity index is 286. The van der Waals surface area contributed by atoms with Crippen LogP contribution in [0.4, 0.5) is 0 Å². The number of likely N-dealkylation sites (tertiary alicyclic amines) is 1. The zero-order chi connectivity index (χ0) is 13.7. The number of hydrogen-bond acceptors (Lipinski definition) is 2. The molecule has 2 fully saturated rings. The average molecular weight is 266 g/mol. The van der Waals surface area contributed by atoms with E-state index in [1.54, 1.807) is 0 Å². The van der Waals surface area contributed by atoms with Gasteiger partial charge >= 0.3 is 0 Å². The number of rotatable bonds is 4. The van der Waals surface area contributed by atoms with Gasteiger partial charge in [-0.2, -0.15) is 0 Å². The SMILES string of the molecule is CC1CCC(C)C(NCCC(=O)N2CCCCC2)C1. The lowest BCUT2D eigenvalue weighted by Gasteiger charge is -2.33. The Hall–Kier alpha value is -0.570. The predicted octanol–water partition coefficient (Wildman–Crippen LogP) is 2.80. The molecule has 3 heteroatoms. The van der Waals surface area contributed by atoms with Crippen molar-refractivity contribution in [2.24, 2.45) is 11.8 Å². The molecular formula is C16H30N2O. The molecule has 1 aliphatic carbocycles. The van der Waals surface area contributed by atoms with Gasteiger partial charge in [0.15, 0.2) is 0 Å². The van der Waals surface area contributed by atoms with Gasteiger partial charge in [-0.15, -0.1) is 0 Å². The van der Waals surface area contributed by atoms with Crippen LogP contribution in [0.25, 0.3) is 0 Å². The Morgan fingerprint density at radius 2 is 1.89 bits per heavy atom. The highest BCUT2D eigenvalue weighted by atomic mass is 16.2. The van der Waals surface area contributed by atoms with Gasteiger partial charge in [-0.25, -0.2) is 0 Å². The molecule has 3 nitrogen and oxygen atoms in total. The van der Waals surface area contributed by atoms with Crippen molar-refractivity contribution in [3.05, 3.63) is 0 Å². The Balaban J connectivity index is 1.66. The fourth-order valence-corrected chi connectivity index (χ4v) is 3.48. The molecule has 0 spiro atoms. The summed E-state index contributed by atoms with van der Waals surface area (Å²) in [6, 6.07) is 0.623. The van der Waals surface area contributed by atoms with E-state index in [9.17, 15) is 4.79 Å². The Labute approximate surface area is 118 Å². The summed E-state index contributed by atoms with van der Waals surface area (Å²) in [6.07, 6.45) is 8.33. The second kappa shape index (κ2) is 7.28. The molecule has 0 aromatic heterocycles. The summed E-state index contributed by atoms with van der Waals surface area (Å²) >= 11 is 0. The first-order valence-electron chi connectivity index (χ1n) is 8.18. The van der Waals surface area contributed by atoms with Gasteiger partial charge in [0.25, 0.3) is 0 Å². The fourth-order valence-electron chi connectivity index (χ4n) is 3.48. The summed E-state index contributed by atoms with van der Waals surface area (Å²) in [5, 5.41) is 3.62. The van der Waals surface area contributed by atoms with Crippen LogP contribution in [-0.4, -0.2) is 36.5 Å². The minimum atomic E-state index is 0.351. The van der Waals surface area contributed by atoms with Gasteiger partial charge in [-0.1, -0.05) is 20.3 Å². The van der Waals surface area contributed by atoms with Gasteiger partial charge in [0.05, 0.1) is 0 Å². The van der Waals surface area contributed by atoms with Gasteiger partial charge in [-0.3, -0.25) is 4.79 Å². The lowest BCUT2D eigenvalue weighted by atomic mass is 9.80. The van der Waals surface area contributed by atoms with Crippen LogP contribution >= 0.6 is 0 Å². The van der Waals surface area contributed by atoms with Crippen LogP contribution in [0.3, 0.4) is 0 Å². The maximum atomic E-state index is 12.1. The third-order valence-corrected chi connectivity index (χ3v) is 4.91. The first kappa shape index (κ1) is 14.8. The van der Waals surface area contributed by atoms with Crippen LogP contribution in [0.5, 0.6) is 0 Å². The number of carbonyl (C=O) groups is 1. The molecule has 3 unspecified atom stereocenters. The zero-order valence-corrected chi connectivity index (χ0v) is 12.7. The number of piperidine rings is 1. The first-order chi connectivity index (χ1) is 9.16. The summed E-state index contributed by atoms with van der Waals surface area (Å²) in [5.41, 5.74) is 0. The van der Waals surface area contributed by atoms with Crippen molar-refractivity contribution in [1.82, 2.24) is 10.2 Å². The molecule has 2 rings (SSSR count). The molecule has 0 aromatic carbocycles. The zero-order valence-electron chi connectivity index (χ0n) is 12.7. The predicted molar refractivity (Wildman–Crippen MR) is 79.0 cm³/mol. The maximum Gasteiger partial charge on any atom is 0.223 e. The quantitative estimate of drug-likeness (QED) is 0.848. The maximum absolute atomic E-state index is 12.1. The lowest BCUT2D eigenvalue weighted by molar-refractivity contribution is -0.132. The van der Waals surface area contributed by atoms with Crippen molar-refractivity contribution in [3.63, 3.8) is 0 Å². The molecule has 1 aliphatic heterocycles. The van der Waals surface area contributed by atoms with E-state index < -0.39 is 0 Å². The molecule has 1 saturated carbocycles. The number of hydrogen-bond donors (Lipinski definition) is 1. The first-order valence-corrected chi connectivity index (χ1v) is 8.18. The van der Waals surface area contributed by atoms with E-state index in [-0.39, 0.29) is 0 Å². The van der Waals surface area contributed by atoms with Gasteiger partial charge in [0, 0.05) is 32.1 Å². The standard InChI is InChI=1S/C16H30N2O/c1-13-6-7-14(2)15(12-13)17-9-8-16(19)18-10-4-3-5-11-18/h13-15,17H,3-12H2,1-2H3. The average Bonchev–Trinajstić information content (AvgIpc) is 2.43. The molecule has 1 heterocycles. The highest BCUT2D eigenvalue weighted by molar-refractivity contribution is 5.76. The lowest BCUT2D eigenvalue weighted by Crippen LogP contribution is -2.42. The van der Waals surface area contributed by atoms with E-state index in [2.05, 4.69) is 24.1 Å². The van der Waals surface area contributed by atoms with Gasteiger partial charge in [-0.05, 0) is 43.9 Å². The molecule has 0 bridgehead atoms. The van der Waals surface area contributed by atoms with E-state index in [1.165, 1.54) is 38.5 Å².